The van der Waals surface area contributed by atoms with Gasteiger partial charge in [-0.3, -0.25) is 14.9 Å². The third kappa shape index (κ3) is 3.52. The van der Waals surface area contributed by atoms with E-state index in [-0.39, 0.29) is 24.5 Å². The summed E-state index contributed by atoms with van der Waals surface area (Å²) < 4.78 is 4.67. The molecular weight excluding hydrogens is 378 g/mol. The molecule has 0 saturated heterocycles. The average molecular weight is 399 g/mol. The molecule has 7 nitrogen and oxygen atoms in total. The summed E-state index contributed by atoms with van der Waals surface area (Å²) in [6.07, 6.45) is 2.81. The number of anilines is 2. The van der Waals surface area contributed by atoms with Crippen molar-refractivity contribution in [3.05, 3.63) is 29.1 Å². The standard InChI is InChI=1S/C20H21N3O4S/c1-3-27-19(26)17(24)22-20-21-15(10-28-20)13-6-7-16-14(9-13)8-11(2)23(16)18(25)12-4-5-12/h6-7,9-12H,3-5,8H2,1-2H3,(H,21,22,24)/t11-/m1/s1. The zero-order chi connectivity index (χ0) is 19.8. The molecule has 1 aromatic carbocycles. The number of esters is 1. The number of aromatic nitrogens is 1. The smallest absolute Gasteiger partial charge is 0.397 e. The second kappa shape index (κ2) is 7.35. The summed E-state index contributed by atoms with van der Waals surface area (Å²) in [6, 6.07) is 6.13. The van der Waals surface area contributed by atoms with Crippen LogP contribution in [0.4, 0.5) is 10.8 Å². The lowest BCUT2D eigenvalue weighted by atomic mass is 10.1. The summed E-state index contributed by atoms with van der Waals surface area (Å²) in [5.41, 5.74) is 3.74. The van der Waals surface area contributed by atoms with E-state index in [9.17, 15) is 14.4 Å². The number of carbonyl (C=O) groups excluding carboxylic acids is 3. The van der Waals surface area contributed by atoms with Gasteiger partial charge in [0.05, 0.1) is 12.3 Å². The van der Waals surface area contributed by atoms with E-state index in [0.717, 1.165) is 36.1 Å². The number of nitrogens with one attached hydrogen (secondary N) is 1. The van der Waals surface area contributed by atoms with Crippen LogP contribution < -0.4 is 10.2 Å². The Labute approximate surface area is 166 Å². The van der Waals surface area contributed by atoms with Crippen LogP contribution >= 0.6 is 11.3 Å². The van der Waals surface area contributed by atoms with Crippen LogP contribution in [0.1, 0.15) is 32.3 Å². The largest absolute Gasteiger partial charge is 0.459 e. The molecule has 0 bridgehead atoms. The number of rotatable bonds is 4. The summed E-state index contributed by atoms with van der Waals surface area (Å²) in [7, 11) is 0. The lowest BCUT2D eigenvalue weighted by Gasteiger charge is -2.22. The van der Waals surface area contributed by atoms with Gasteiger partial charge in [0.25, 0.3) is 0 Å². The van der Waals surface area contributed by atoms with Crippen LogP contribution in [0.25, 0.3) is 11.3 Å². The first-order valence-corrected chi connectivity index (χ1v) is 10.3. The minimum Gasteiger partial charge on any atom is -0.459 e. The fourth-order valence-corrected chi connectivity index (χ4v) is 4.18. The Morgan fingerprint density at radius 3 is 2.82 bits per heavy atom. The van der Waals surface area contributed by atoms with Crippen molar-refractivity contribution < 1.29 is 19.1 Å². The Bertz CT molecular complexity index is 951. The van der Waals surface area contributed by atoms with E-state index in [1.54, 1.807) is 6.92 Å². The molecule has 8 heteroatoms. The van der Waals surface area contributed by atoms with Crippen molar-refractivity contribution >= 4 is 39.9 Å². The summed E-state index contributed by atoms with van der Waals surface area (Å²) >= 11 is 1.24. The quantitative estimate of drug-likeness (QED) is 0.631. The summed E-state index contributed by atoms with van der Waals surface area (Å²) in [6.45, 7) is 3.86. The van der Waals surface area contributed by atoms with Gasteiger partial charge in [-0.2, -0.15) is 0 Å². The Kier molecular flexibility index (Phi) is 4.89. The predicted molar refractivity (Wildman–Crippen MR) is 106 cm³/mol. The number of ether oxygens (including phenoxy) is 1. The van der Waals surface area contributed by atoms with Gasteiger partial charge < -0.3 is 9.64 Å². The van der Waals surface area contributed by atoms with E-state index in [1.165, 1.54) is 11.3 Å². The molecule has 1 saturated carbocycles. The lowest BCUT2D eigenvalue weighted by Crippen LogP contribution is -2.36. The number of nitrogens with zero attached hydrogens (tertiary/aromatic N) is 2. The maximum absolute atomic E-state index is 12.6. The number of thiazole rings is 1. The first-order chi connectivity index (χ1) is 13.5. The molecule has 1 fully saturated rings. The van der Waals surface area contributed by atoms with Crippen molar-refractivity contribution in [1.82, 2.24) is 4.98 Å². The molecule has 0 spiro atoms. The highest BCUT2D eigenvalue weighted by molar-refractivity contribution is 7.14. The van der Waals surface area contributed by atoms with Gasteiger partial charge in [0.15, 0.2) is 5.13 Å². The van der Waals surface area contributed by atoms with Gasteiger partial charge >= 0.3 is 11.9 Å². The Hall–Kier alpha value is -2.74. The van der Waals surface area contributed by atoms with E-state index in [1.807, 2.05) is 22.4 Å². The van der Waals surface area contributed by atoms with Gasteiger partial charge in [-0.25, -0.2) is 9.78 Å². The SMILES string of the molecule is CCOC(=O)C(=O)Nc1nc(-c2ccc3c(c2)C[C@@H](C)N3C(=O)C2CC2)cs1. The summed E-state index contributed by atoms with van der Waals surface area (Å²) in [5, 5.41) is 4.63. The molecule has 2 aromatic rings. The number of hydrogen-bond acceptors (Lipinski definition) is 6. The normalized spacial score (nSPS) is 17.9. The van der Waals surface area contributed by atoms with Crippen molar-refractivity contribution in [2.75, 3.05) is 16.8 Å². The molecular formula is C20H21N3O4S. The molecule has 28 heavy (non-hydrogen) atoms. The highest BCUT2D eigenvalue weighted by atomic mass is 32.1. The first kappa shape index (κ1) is 18.6. The highest BCUT2D eigenvalue weighted by Crippen LogP contribution is 2.40. The fourth-order valence-electron chi connectivity index (χ4n) is 3.46. The number of fused-ring (bicyclic) bond motifs is 1. The van der Waals surface area contributed by atoms with E-state index < -0.39 is 11.9 Å². The number of benzene rings is 1. The van der Waals surface area contributed by atoms with Crippen LogP contribution in [0, 0.1) is 5.92 Å². The van der Waals surface area contributed by atoms with Crippen LogP contribution in [0.3, 0.4) is 0 Å². The van der Waals surface area contributed by atoms with E-state index >= 15 is 0 Å². The molecule has 1 aliphatic heterocycles. The number of carbonyl (C=O) groups is 3. The molecule has 1 atom stereocenters. The molecule has 0 unspecified atom stereocenters. The van der Waals surface area contributed by atoms with Crippen LogP contribution in [-0.4, -0.2) is 35.4 Å². The molecule has 1 aromatic heterocycles. The summed E-state index contributed by atoms with van der Waals surface area (Å²) in [5.74, 6) is -1.33. The van der Waals surface area contributed by atoms with Crippen LogP contribution in [0.15, 0.2) is 23.6 Å². The molecule has 1 N–H and O–H groups in total. The van der Waals surface area contributed by atoms with Crippen molar-refractivity contribution in [3.8, 4) is 11.3 Å². The predicted octanol–water partition coefficient (Wildman–Crippen LogP) is 3.00. The minimum absolute atomic E-state index is 0.142. The van der Waals surface area contributed by atoms with Crippen molar-refractivity contribution in [2.24, 2.45) is 5.92 Å². The molecule has 0 radical (unpaired) electrons. The topological polar surface area (TPSA) is 88.6 Å². The average Bonchev–Trinajstić information content (AvgIpc) is 3.33. The van der Waals surface area contributed by atoms with Crippen LogP contribution in [-0.2, 0) is 25.5 Å². The van der Waals surface area contributed by atoms with Gasteiger partial charge in [-0.05, 0) is 50.8 Å². The zero-order valence-electron chi connectivity index (χ0n) is 15.7. The van der Waals surface area contributed by atoms with Gasteiger partial charge in [0.2, 0.25) is 5.91 Å². The van der Waals surface area contributed by atoms with E-state index in [0.29, 0.717) is 10.8 Å². The van der Waals surface area contributed by atoms with Crippen LogP contribution in [0.5, 0.6) is 0 Å². The van der Waals surface area contributed by atoms with E-state index in [2.05, 4.69) is 28.0 Å². The second-order valence-corrected chi connectivity index (χ2v) is 7.95. The zero-order valence-corrected chi connectivity index (χ0v) is 16.5. The Morgan fingerprint density at radius 1 is 1.32 bits per heavy atom. The molecule has 2 amide bonds. The van der Waals surface area contributed by atoms with Crippen molar-refractivity contribution in [1.29, 1.82) is 0 Å². The molecule has 4 rings (SSSR count). The molecule has 146 valence electrons. The third-order valence-electron chi connectivity index (χ3n) is 4.94. The third-order valence-corrected chi connectivity index (χ3v) is 5.70. The monoisotopic (exact) mass is 399 g/mol. The number of hydrogen-bond donors (Lipinski definition) is 1. The first-order valence-electron chi connectivity index (χ1n) is 9.38. The summed E-state index contributed by atoms with van der Waals surface area (Å²) in [4.78, 5) is 42.1. The van der Waals surface area contributed by atoms with Crippen molar-refractivity contribution in [3.63, 3.8) is 0 Å². The van der Waals surface area contributed by atoms with Crippen molar-refractivity contribution in [2.45, 2.75) is 39.2 Å². The molecule has 2 aliphatic rings. The van der Waals surface area contributed by atoms with Gasteiger partial charge in [-0.1, -0.05) is 6.07 Å². The van der Waals surface area contributed by atoms with Gasteiger partial charge in [0.1, 0.15) is 0 Å². The lowest BCUT2D eigenvalue weighted by molar-refractivity contribution is -0.152. The fraction of sp³-hybridized carbons (Fsp3) is 0.400. The maximum Gasteiger partial charge on any atom is 0.397 e. The Balaban J connectivity index is 1.51. The maximum atomic E-state index is 12.6. The molecule has 2 heterocycles. The molecule has 1 aliphatic carbocycles. The second-order valence-electron chi connectivity index (χ2n) is 7.09. The highest BCUT2D eigenvalue weighted by Gasteiger charge is 2.39. The Morgan fingerprint density at radius 2 is 2.11 bits per heavy atom. The minimum atomic E-state index is -0.925. The van der Waals surface area contributed by atoms with E-state index in [4.69, 9.17) is 0 Å². The van der Waals surface area contributed by atoms with Gasteiger partial charge in [0, 0.05) is 28.6 Å². The number of amides is 2. The van der Waals surface area contributed by atoms with Crippen LogP contribution in [0.2, 0.25) is 0 Å². The van der Waals surface area contributed by atoms with Gasteiger partial charge in [-0.15, -0.1) is 11.3 Å².